The number of rotatable bonds is 16. The molecule has 2 saturated heterocycles. The molecule has 0 radical (unpaired) electrons. The van der Waals surface area contributed by atoms with E-state index in [0.29, 0.717) is 47.9 Å². The van der Waals surface area contributed by atoms with Gasteiger partial charge in [-0.1, -0.05) is 58.0 Å². The van der Waals surface area contributed by atoms with Crippen LogP contribution in [0.15, 0.2) is 116 Å². The Morgan fingerprint density at radius 2 is 1.08 bits per heavy atom. The molecule has 21 nitrogen and oxygen atoms in total. The van der Waals surface area contributed by atoms with Crippen LogP contribution in [-0.2, 0) is 39.2 Å². The lowest BCUT2D eigenvalue weighted by molar-refractivity contribution is -0.129. The molecule has 7 heterocycles. The number of furan rings is 2. The van der Waals surface area contributed by atoms with Gasteiger partial charge in [-0.05, 0) is 120 Å². The number of pyridine rings is 3. The summed E-state index contributed by atoms with van der Waals surface area (Å²) in [5, 5.41) is 11.5. The monoisotopic (exact) mass is 1100 g/mol. The van der Waals surface area contributed by atoms with Crippen molar-refractivity contribution in [2.45, 2.75) is 133 Å². The quantitative estimate of drug-likeness (QED) is 0.0930. The van der Waals surface area contributed by atoms with Gasteiger partial charge in [0.2, 0.25) is 11.8 Å². The number of hydrogen-bond acceptors (Lipinski definition) is 15. The summed E-state index contributed by atoms with van der Waals surface area (Å²) in [6, 6.07) is 16.8. The van der Waals surface area contributed by atoms with Gasteiger partial charge in [0.15, 0.2) is 38.7 Å². The van der Waals surface area contributed by atoms with Crippen molar-refractivity contribution >= 4 is 77.3 Å². The van der Waals surface area contributed by atoms with Gasteiger partial charge >= 0.3 is 0 Å². The maximum absolute atomic E-state index is 13.3. The largest absolute Gasteiger partial charge is 0.451 e. The molecule has 0 spiro atoms. The molecule has 5 aromatic heterocycles. The van der Waals surface area contributed by atoms with E-state index in [0.717, 1.165) is 14.0 Å². The van der Waals surface area contributed by atoms with E-state index in [-0.39, 0.29) is 52.8 Å². The Bertz CT molecular complexity index is 3300. The number of hydrogen-bond donors (Lipinski definition) is 4. The topological polar surface area (TPSA) is 290 Å². The number of carbonyl (C=O) groups is 6. The minimum absolute atomic E-state index is 0.0587. The van der Waals surface area contributed by atoms with E-state index in [1.807, 2.05) is 39.8 Å². The molecule has 8 rings (SSSR count). The molecule has 6 atom stereocenters. The van der Waals surface area contributed by atoms with E-state index in [2.05, 4.69) is 36.2 Å². The Labute approximate surface area is 447 Å². The number of benzene rings is 1. The van der Waals surface area contributed by atoms with Gasteiger partial charge in [-0.15, -0.1) is 0 Å². The van der Waals surface area contributed by atoms with Crippen LogP contribution in [0, 0.1) is 18.8 Å². The third kappa shape index (κ3) is 13.9. The Morgan fingerprint density at radius 3 is 1.55 bits per heavy atom. The maximum atomic E-state index is 13.3. The van der Waals surface area contributed by atoms with E-state index < -0.39 is 98.0 Å². The number of nitrogens with zero attached hydrogens (tertiary/aromatic N) is 5. The van der Waals surface area contributed by atoms with Crippen LogP contribution in [0.25, 0.3) is 22.1 Å². The molecular formula is C54H65N9O12S2. The number of carbonyl (C=O) groups excluding carboxylic acids is 6. The molecule has 0 saturated carbocycles. The highest BCUT2D eigenvalue weighted by molar-refractivity contribution is 7.89. The molecule has 0 aliphatic carbocycles. The maximum Gasteiger partial charge on any atom is 0.288 e. The van der Waals surface area contributed by atoms with Gasteiger partial charge in [0, 0.05) is 41.6 Å². The normalized spacial score (nSPS) is 19.6. The minimum Gasteiger partial charge on any atom is -0.451 e. The van der Waals surface area contributed by atoms with E-state index in [4.69, 9.17) is 8.83 Å². The molecule has 77 heavy (non-hydrogen) atoms. The van der Waals surface area contributed by atoms with Crippen LogP contribution >= 0.6 is 0 Å². The molecule has 23 heteroatoms. The standard InChI is InChI=1S/C27H33N5O6S.C27H32N4O6S/c1-16(2)14-20(31-27(35)25-18(4)24-22(38-25)8-7-13-29-24)26(34)30-19-11-10-17(3)32(15-21(19)33)39(36,37)23-9-5-6-12-28-23;1-17(2)14-21(30-27(34)24-15-19-8-4-5-9-23(19)37-24)26(33)29-20-12-11-18(3)31(16-22(20)32)38(35,36)25-10-6-7-13-28-25/h5-9,12-13,16-17,19-20H,10-11,14-15H2,1-4H3,(H,30,34)(H,31,35);4-10,13,15,17-18,20-21H,11-12,14,16H2,1-3H3,(H,29,33)(H,30,34)/t17-,19+,20+;18-,20+,21+/m11/s1. The number of fused-ring (bicyclic) bond motifs is 2. The van der Waals surface area contributed by atoms with E-state index in [9.17, 15) is 45.6 Å². The molecular weight excluding hydrogens is 1030 g/mol. The van der Waals surface area contributed by atoms with Gasteiger partial charge in [-0.3, -0.25) is 33.8 Å². The average Bonchev–Trinajstić information content (AvgIpc) is 3.93. The van der Waals surface area contributed by atoms with Gasteiger partial charge < -0.3 is 30.1 Å². The molecule has 0 bridgehead atoms. The molecule has 6 aromatic rings. The van der Waals surface area contributed by atoms with Gasteiger partial charge in [0.05, 0.1) is 25.2 Å². The molecule has 410 valence electrons. The first-order valence-electron chi connectivity index (χ1n) is 25.5. The van der Waals surface area contributed by atoms with Crippen molar-refractivity contribution in [1.82, 2.24) is 44.8 Å². The van der Waals surface area contributed by atoms with Crippen molar-refractivity contribution in [3.63, 3.8) is 0 Å². The van der Waals surface area contributed by atoms with E-state index in [1.165, 1.54) is 24.5 Å². The SMILES string of the molecule is CC(C)C[C@H](NC(=O)c1cc2ccccc2o1)C(=O)N[C@H]1CC[C@@H](C)N(S(=O)(=O)c2ccccn2)CC1=O.Cc1c(C(=O)N[C@@H](CC(C)C)C(=O)N[C@H]2CC[C@@H](C)N(S(=O)(=O)c3ccccn3)CC2=O)oc2cccnc12. The molecule has 2 aliphatic rings. The minimum atomic E-state index is -4.00. The number of ketones is 2. The fourth-order valence-corrected chi connectivity index (χ4v) is 12.3. The number of para-hydroxylation sites is 1. The smallest absolute Gasteiger partial charge is 0.288 e. The highest BCUT2D eigenvalue weighted by atomic mass is 32.2. The van der Waals surface area contributed by atoms with Crippen LogP contribution < -0.4 is 21.3 Å². The summed E-state index contributed by atoms with van der Waals surface area (Å²) in [6.07, 6.45) is 6.29. The van der Waals surface area contributed by atoms with E-state index >= 15 is 0 Å². The van der Waals surface area contributed by atoms with Gasteiger partial charge in [0.25, 0.3) is 31.9 Å². The first-order valence-corrected chi connectivity index (χ1v) is 28.4. The lowest BCUT2D eigenvalue weighted by atomic mass is 10.0. The number of amides is 4. The zero-order valence-electron chi connectivity index (χ0n) is 44.0. The van der Waals surface area contributed by atoms with Crippen LogP contribution in [0.2, 0.25) is 0 Å². The Morgan fingerprint density at radius 1 is 0.610 bits per heavy atom. The molecule has 2 fully saturated rings. The zero-order valence-corrected chi connectivity index (χ0v) is 45.6. The third-order valence-electron chi connectivity index (χ3n) is 13.4. The fraction of sp³-hybridized carbons (Fsp3) is 0.426. The number of aromatic nitrogens is 3. The first kappa shape index (κ1) is 57.5. The van der Waals surface area contributed by atoms with Gasteiger partial charge in [-0.2, -0.15) is 8.61 Å². The highest BCUT2D eigenvalue weighted by Gasteiger charge is 2.40. The third-order valence-corrected chi connectivity index (χ3v) is 17.1. The summed E-state index contributed by atoms with van der Waals surface area (Å²) in [5.74, 6) is -2.67. The number of aryl methyl sites for hydroxylation is 1. The first-order chi connectivity index (χ1) is 36.5. The summed E-state index contributed by atoms with van der Waals surface area (Å²) >= 11 is 0. The van der Waals surface area contributed by atoms with Crippen molar-refractivity contribution in [2.75, 3.05) is 13.1 Å². The van der Waals surface area contributed by atoms with Gasteiger partial charge in [-0.25, -0.2) is 26.8 Å². The van der Waals surface area contributed by atoms with Crippen LogP contribution in [-0.4, -0.2) is 125 Å². The molecule has 4 amide bonds. The summed E-state index contributed by atoms with van der Waals surface area (Å²) in [6.45, 7) is 12.1. The van der Waals surface area contributed by atoms with Crippen molar-refractivity contribution in [1.29, 1.82) is 0 Å². The van der Waals surface area contributed by atoms with Crippen LogP contribution in [0.1, 0.15) is 107 Å². The molecule has 0 unspecified atom stereocenters. The zero-order chi connectivity index (χ0) is 55.8. The van der Waals surface area contributed by atoms with Crippen molar-refractivity contribution < 1.29 is 54.4 Å². The summed E-state index contributed by atoms with van der Waals surface area (Å²) in [5.41, 5.74) is 2.16. The number of Topliss-reactive ketones (excluding diaryl/α,β-unsaturated/α-hetero) is 2. The van der Waals surface area contributed by atoms with Crippen molar-refractivity contribution in [3.8, 4) is 0 Å². The number of nitrogens with one attached hydrogen (secondary N) is 4. The Kier molecular flexibility index (Phi) is 18.6. The second-order valence-electron chi connectivity index (χ2n) is 20.2. The summed E-state index contributed by atoms with van der Waals surface area (Å²) in [7, 11) is -7.99. The van der Waals surface area contributed by atoms with Crippen LogP contribution in [0.4, 0.5) is 0 Å². The number of sulfonamides is 2. The average molecular weight is 1100 g/mol. The van der Waals surface area contributed by atoms with E-state index in [1.54, 1.807) is 81.6 Å². The summed E-state index contributed by atoms with van der Waals surface area (Å²) in [4.78, 5) is 91.1. The lowest BCUT2D eigenvalue weighted by Gasteiger charge is -2.25. The van der Waals surface area contributed by atoms with Crippen molar-refractivity contribution in [2.24, 2.45) is 11.8 Å². The highest BCUT2D eigenvalue weighted by Crippen LogP contribution is 2.27. The predicted octanol–water partition coefficient (Wildman–Crippen LogP) is 5.50. The molecule has 4 N–H and O–H groups in total. The second kappa shape index (κ2) is 24.8. The second-order valence-corrected chi connectivity index (χ2v) is 23.9. The Balaban J connectivity index is 0.000000224. The molecule has 1 aromatic carbocycles. The van der Waals surface area contributed by atoms with Crippen LogP contribution in [0.3, 0.4) is 0 Å². The van der Waals surface area contributed by atoms with Crippen LogP contribution in [0.5, 0.6) is 0 Å². The van der Waals surface area contributed by atoms with Crippen molar-refractivity contribution in [3.05, 3.63) is 115 Å². The van der Waals surface area contributed by atoms with Gasteiger partial charge in [0.1, 0.15) is 23.2 Å². The fourth-order valence-electron chi connectivity index (χ4n) is 9.22. The molecule has 2 aliphatic heterocycles. The lowest BCUT2D eigenvalue weighted by Crippen LogP contribution is -2.52. The predicted molar refractivity (Wildman–Crippen MR) is 284 cm³/mol. The summed E-state index contributed by atoms with van der Waals surface area (Å²) < 4.78 is 66.2. The Hall–Kier alpha value is -7.21.